The highest BCUT2D eigenvalue weighted by atomic mass is 16.5. The number of rotatable bonds is 3. The number of nitrogens with two attached hydrogens (primary N) is 1. The van der Waals surface area contributed by atoms with Crippen molar-refractivity contribution >= 4 is 11.9 Å². The largest absolute Gasteiger partial charge is 0.449 e. The Hall–Kier alpha value is -3.85. The van der Waals surface area contributed by atoms with Crippen molar-refractivity contribution in [1.29, 1.82) is 0 Å². The predicted molar refractivity (Wildman–Crippen MR) is 106 cm³/mol. The van der Waals surface area contributed by atoms with Gasteiger partial charge in [0.05, 0.1) is 6.54 Å². The van der Waals surface area contributed by atoms with Gasteiger partial charge in [-0.05, 0) is 40.3 Å². The molecule has 0 atom stereocenters. The van der Waals surface area contributed by atoms with Crippen molar-refractivity contribution in [1.82, 2.24) is 15.5 Å². The monoisotopic (exact) mass is 370 g/mol. The zero-order valence-electron chi connectivity index (χ0n) is 15.1. The first-order valence-corrected chi connectivity index (χ1v) is 8.89. The smallest absolute Gasteiger partial charge is 0.407 e. The van der Waals surface area contributed by atoms with Crippen LogP contribution in [0.3, 0.4) is 0 Å². The lowest BCUT2D eigenvalue weighted by Crippen LogP contribution is -2.26. The second-order valence-corrected chi connectivity index (χ2v) is 6.32. The van der Waals surface area contributed by atoms with Gasteiger partial charge in [-0.2, -0.15) is 0 Å². The molecule has 138 valence electrons. The average molecular weight is 370 g/mol. The van der Waals surface area contributed by atoms with E-state index in [1.807, 2.05) is 24.3 Å². The molecule has 0 aliphatic heterocycles. The van der Waals surface area contributed by atoms with Crippen LogP contribution in [-0.2, 0) is 4.74 Å². The second kappa shape index (κ2) is 7.80. The number of alkyl carbamates (subject to hydrolysis) is 1. The minimum Gasteiger partial charge on any atom is -0.449 e. The van der Waals surface area contributed by atoms with Crippen LogP contribution in [0.2, 0.25) is 0 Å². The topological polar surface area (TPSA) is 90.1 Å². The molecule has 6 nitrogen and oxygen atoms in total. The maximum Gasteiger partial charge on any atom is 0.407 e. The van der Waals surface area contributed by atoms with Crippen molar-refractivity contribution in [2.75, 3.05) is 18.9 Å². The molecular weight excluding hydrogens is 352 g/mol. The summed E-state index contributed by atoms with van der Waals surface area (Å²) in [7, 11) is 0. The van der Waals surface area contributed by atoms with Crippen LogP contribution in [0.25, 0.3) is 11.1 Å². The molecule has 3 N–H and O–H groups in total. The standard InChI is InChI=1S/C22H18N4O2/c23-21-12-11-15(25-26-21)6-5-13-24-22(27)28-14-20-18-9-3-1-7-16(18)17-8-2-4-10-19(17)20/h1-4,7-12,20H,13-14H2,(H2,23,26)(H,24,27). The lowest BCUT2D eigenvalue weighted by atomic mass is 9.98. The first-order valence-electron chi connectivity index (χ1n) is 8.89. The average Bonchev–Trinajstić information content (AvgIpc) is 3.05. The van der Waals surface area contributed by atoms with Crippen molar-refractivity contribution < 1.29 is 9.53 Å². The molecule has 0 unspecified atom stereocenters. The number of hydrogen-bond donors (Lipinski definition) is 2. The van der Waals surface area contributed by atoms with Gasteiger partial charge in [0, 0.05) is 5.92 Å². The van der Waals surface area contributed by atoms with Gasteiger partial charge in [-0.3, -0.25) is 0 Å². The molecule has 0 fully saturated rings. The highest BCUT2D eigenvalue weighted by Gasteiger charge is 2.28. The Labute approximate surface area is 162 Å². The fourth-order valence-electron chi connectivity index (χ4n) is 3.31. The number of carbonyl (C=O) groups is 1. The number of nitrogens with zero attached hydrogens (tertiary/aromatic N) is 2. The van der Waals surface area contributed by atoms with Gasteiger partial charge in [-0.1, -0.05) is 54.5 Å². The van der Waals surface area contributed by atoms with E-state index in [0.29, 0.717) is 11.5 Å². The van der Waals surface area contributed by atoms with E-state index in [2.05, 4.69) is 51.6 Å². The van der Waals surface area contributed by atoms with Crippen LogP contribution >= 0.6 is 0 Å². The fourth-order valence-corrected chi connectivity index (χ4v) is 3.31. The summed E-state index contributed by atoms with van der Waals surface area (Å²) >= 11 is 0. The highest BCUT2D eigenvalue weighted by Crippen LogP contribution is 2.44. The Morgan fingerprint density at radius 2 is 1.68 bits per heavy atom. The molecule has 3 aromatic rings. The first-order chi connectivity index (χ1) is 13.7. The summed E-state index contributed by atoms with van der Waals surface area (Å²) in [5, 5.41) is 10.2. The molecule has 6 heteroatoms. The third kappa shape index (κ3) is 3.64. The predicted octanol–water partition coefficient (Wildman–Crippen LogP) is 2.95. The zero-order chi connectivity index (χ0) is 19.3. The molecule has 1 amide bonds. The first kappa shape index (κ1) is 17.6. The molecule has 2 aromatic carbocycles. The van der Waals surface area contributed by atoms with Crippen molar-refractivity contribution in [3.63, 3.8) is 0 Å². The van der Waals surface area contributed by atoms with E-state index in [9.17, 15) is 4.79 Å². The molecule has 1 heterocycles. The number of amides is 1. The molecular formula is C22H18N4O2. The maximum atomic E-state index is 12.0. The van der Waals surface area contributed by atoms with Gasteiger partial charge in [0.15, 0.2) is 0 Å². The Kier molecular flexibility index (Phi) is 4.89. The number of nitrogen functional groups attached to an aromatic ring is 1. The fraction of sp³-hybridized carbons (Fsp3) is 0.136. The van der Waals surface area contributed by atoms with E-state index >= 15 is 0 Å². The Morgan fingerprint density at radius 1 is 1.00 bits per heavy atom. The number of fused-ring (bicyclic) bond motifs is 3. The van der Waals surface area contributed by atoms with E-state index in [1.165, 1.54) is 22.3 Å². The van der Waals surface area contributed by atoms with Crippen LogP contribution in [0, 0.1) is 11.8 Å². The van der Waals surface area contributed by atoms with Gasteiger partial charge >= 0.3 is 6.09 Å². The number of anilines is 1. The van der Waals surface area contributed by atoms with Crippen LogP contribution in [0.15, 0.2) is 60.7 Å². The van der Waals surface area contributed by atoms with Gasteiger partial charge < -0.3 is 15.8 Å². The summed E-state index contributed by atoms with van der Waals surface area (Å²) in [5.74, 6) is 5.98. The highest BCUT2D eigenvalue weighted by molar-refractivity contribution is 5.79. The quantitative estimate of drug-likeness (QED) is 0.692. The van der Waals surface area contributed by atoms with Gasteiger partial charge in [0.1, 0.15) is 18.1 Å². The molecule has 28 heavy (non-hydrogen) atoms. The number of benzene rings is 2. The van der Waals surface area contributed by atoms with Crippen molar-refractivity contribution in [2.45, 2.75) is 5.92 Å². The molecule has 0 radical (unpaired) electrons. The third-order valence-corrected chi connectivity index (χ3v) is 4.57. The van der Waals surface area contributed by atoms with Crippen molar-refractivity contribution in [2.24, 2.45) is 0 Å². The molecule has 0 spiro atoms. The Morgan fingerprint density at radius 3 is 2.32 bits per heavy atom. The summed E-state index contributed by atoms with van der Waals surface area (Å²) in [6.07, 6.45) is -0.500. The number of nitrogens with one attached hydrogen (secondary N) is 1. The number of hydrogen-bond acceptors (Lipinski definition) is 5. The van der Waals surface area contributed by atoms with Crippen LogP contribution in [-0.4, -0.2) is 29.4 Å². The second-order valence-electron chi connectivity index (χ2n) is 6.32. The van der Waals surface area contributed by atoms with E-state index < -0.39 is 6.09 Å². The summed E-state index contributed by atoms with van der Waals surface area (Å²) in [6, 6.07) is 19.7. The molecule has 0 saturated carbocycles. The lowest BCUT2D eigenvalue weighted by molar-refractivity contribution is 0.144. The van der Waals surface area contributed by atoms with E-state index in [0.717, 1.165) is 0 Å². The van der Waals surface area contributed by atoms with Crippen molar-refractivity contribution in [3.05, 3.63) is 77.5 Å². The normalized spacial score (nSPS) is 11.7. The summed E-state index contributed by atoms with van der Waals surface area (Å²) in [6.45, 7) is 0.430. The van der Waals surface area contributed by atoms with E-state index in [1.54, 1.807) is 12.1 Å². The van der Waals surface area contributed by atoms with E-state index in [-0.39, 0.29) is 19.1 Å². The van der Waals surface area contributed by atoms with Gasteiger partial charge in [-0.25, -0.2) is 4.79 Å². The molecule has 4 rings (SSSR count). The molecule has 1 aromatic heterocycles. The summed E-state index contributed by atoms with van der Waals surface area (Å²) in [4.78, 5) is 12.0. The summed E-state index contributed by atoms with van der Waals surface area (Å²) < 4.78 is 5.45. The number of ether oxygens (including phenoxy) is 1. The number of carbonyl (C=O) groups excluding carboxylic acids is 1. The minimum atomic E-state index is -0.500. The van der Waals surface area contributed by atoms with Crippen LogP contribution < -0.4 is 11.1 Å². The zero-order valence-corrected chi connectivity index (χ0v) is 15.1. The molecule has 1 aliphatic carbocycles. The van der Waals surface area contributed by atoms with Crippen LogP contribution in [0.4, 0.5) is 10.6 Å². The SMILES string of the molecule is Nc1ccc(C#CCNC(=O)OCC2c3ccccc3-c3ccccc32)nn1. The molecule has 0 bridgehead atoms. The number of aromatic nitrogens is 2. The maximum absolute atomic E-state index is 12.0. The molecule has 0 saturated heterocycles. The Balaban J connectivity index is 1.35. The van der Waals surface area contributed by atoms with Gasteiger partial charge in [0.2, 0.25) is 0 Å². The Bertz CT molecular complexity index is 1020. The lowest BCUT2D eigenvalue weighted by Gasteiger charge is -2.14. The third-order valence-electron chi connectivity index (χ3n) is 4.57. The van der Waals surface area contributed by atoms with Crippen molar-refractivity contribution in [3.8, 4) is 23.0 Å². The summed E-state index contributed by atoms with van der Waals surface area (Å²) in [5.41, 5.74) is 10.7. The van der Waals surface area contributed by atoms with Gasteiger partial charge in [-0.15, -0.1) is 10.2 Å². The minimum absolute atomic E-state index is 0.0364. The molecule has 1 aliphatic rings. The van der Waals surface area contributed by atoms with Crippen LogP contribution in [0.1, 0.15) is 22.7 Å². The van der Waals surface area contributed by atoms with Gasteiger partial charge in [0.25, 0.3) is 0 Å². The van der Waals surface area contributed by atoms with E-state index in [4.69, 9.17) is 10.5 Å². The van der Waals surface area contributed by atoms with Crippen LogP contribution in [0.5, 0.6) is 0 Å².